The van der Waals surface area contributed by atoms with E-state index in [1.165, 1.54) is 30.4 Å². The van der Waals surface area contributed by atoms with Gasteiger partial charge in [0.05, 0.1) is 0 Å². The van der Waals surface area contributed by atoms with Crippen molar-refractivity contribution in [2.24, 2.45) is 11.1 Å². The lowest BCUT2D eigenvalue weighted by molar-refractivity contribution is 0.153. The Kier molecular flexibility index (Phi) is 2.72. The highest BCUT2D eigenvalue weighted by molar-refractivity contribution is 5.30. The smallest absolute Gasteiger partial charge is 0.0240 e. The molecule has 1 fully saturated rings. The summed E-state index contributed by atoms with van der Waals surface area (Å²) in [6.07, 6.45) is 3.80. The Morgan fingerprint density at radius 3 is 2.47 bits per heavy atom. The summed E-state index contributed by atoms with van der Waals surface area (Å²) < 4.78 is 0. The summed E-state index contributed by atoms with van der Waals surface area (Å²) in [4.78, 5) is 2.57. The van der Waals surface area contributed by atoms with Crippen LogP contribution < -0.4 is 5.73 Å². The zero-order valence-electron chi connectivity index (χ0n) is 10.7. The Bertz CT molecular complexity index is 390. The highest BCUT2D eigenvalue weighted by atomic mass is 15.1. The summed E-state index contributed by atoms with van der Waals surface area (Å²) in [7, 11) is 0. The normalized spacial score (nSPS) is 32.9. The molecule has 0 radical (unpaired) electrons. The zero-order chi connectivity index (χ0) is 11.9. The number of rotatable bonds is 2. The summed E-state index contributed by atoms with van der Waals surface area (Å²) in [6.45, 7) is 5.74. The highest BCUT2D eigenvalue weighted by Gasteiger charge is 2.38. The first kappa shape index (κ1) is 11.2. The summed E-state index contributed by atoms with van der Waals surface area (Å²) >= 11 is 0. The molecule has 2 N–H and O–H groups in total. The van der Waals surface area contributed by atoms with Crippen molar-refractivity contribution in [2.45, 2.75) is 45.3 Å². The van der Waals surface area contributed by atoms with Gasteiger partial charge in [-0.2, -0.15) is 0 Å². The van der Waals surface area contributed by atoms with Crippen molar-refractivity contribution < 1.29 is 0 Å². The van der Waals surface area contributed by atoms with Gasteiger partial charge in [-0.05, 0) is 29.4 Å². The molecule has 0 spiro atoms. The number of fused-ring (bicyclic) bond motifs is 1. The van der Waals surface area contributed by atoms with Crippen LogP contribution in [0.3, 0.4) is 0 Å². The molecule has 17 heavy (non-hydrogen) atoms. The summed E-state index contributed by atoms with van der Waals surface area (Å²) in [5.74, 6) is 0. The summed E-state index contributed by atoms with van der Waals surface area (Å²) in [5, 5.41) is 0. The van der Waals surface area contributed by atoms with Gasteiger partial charge in [-0.1, -0.05) is 37.6 Å². The van der Waals surface area contributed by atoms with E-state index in [9.17, 15) is 0 Å². The molecule has 1 aromatic rings. The predicted molar refractivity (Wildman–Crippen MR) is 70.5 cm³/mol. The average Bonchev–Trinajstić information content (AvgIpc) is 2.83. The predicted octanol–water partition coefficient (Wildman–Crippen LogP) is 2.52. The van der Waals surface area contributed by atoms with Crippen LogP contribution in [-0.2, 0) is 13.1 Å². The molecule has 1 aromatic carbocycles. The second-order valence-electron chi connectivity index (χ2n) is 6.07. The maximum atomic E-state index is 6.27. The van der Waals surface area contributed by atoms with Crippen molar-refractivity contribution in [1.82, 2.24) is 4.90 Å². The van der Waals surface area contributed by atoms with Gasteiger partial charge in [-0.25, -0.2) is 0 Å². The molecule has 1 saturated carbocycles. The Morgan fingerprint density at radius 2 is 1.94 bits per heavy atom. The lowest BCUT2D eigenvalue weighted by Crippen LogP contribution is -2.42. The Balaban J connectivity index is 1.70. The molecule has 0 aromatic heterocycles. The maximum absolute atomic E-state index is 6.27. The lowest BCUT2D eigenvalue weighted by atomic mass is 9.84. The molecule has 1 aliphatic heterocycles. The van der Waals surface area contributed by atoms with Crippen molar-refractivity contribution in [3.05, 3.63) is 35.4 Å². The van der Waals surface area contributed by atoms with Crippen LogP contribution in [-0.4, -0.2) is 17.5 Å². The van der Waals surface area contributed by atoms with Crippen LogP contribution in [0, 0.1) is 5.41 Å². The van der Waals surface area contributed by atoms with Crippen molar-refractivity contribution in [2.75, 3.05) is 6.54 Å². The van der Waals surface area contributed by atoms with Crippen LogP contribution in [0.5, 0.6) is 0 Å². The number of nitrogens with zero attached hydrogens (tertiary/aromatic N) is 1. The van der Waals surface area contributed by atoms with Gasteiger partial charge in [0.1, 0.15) is 0 Å². The second-order valence-corrected chi connectivity index (χ2v) is 6.07. The first-order chi connectivity index (χ1) is 8.17. The molecule has 2 nitrogen and oxygen atoms in total. The molecular weight excluding hydrogens is 208 g/mol. The van der Waals surface area contributed by atoms with E-state index in [1.807, 2.05) is 0 Å². The van der Waals surface area contributed by atoms with Gasteiger partial charge in [0.25, 0.3) is 0 Å². The minimum Gasteiger partial charge on any atom is -0.327 e. The largest absolute Gasteiger partial charge is 0.327 e. The fourth-order valence-electron chi connectivity index (χ4n) is 3.48. The van der Waals surface area contributed by atoms with Gasteiger partial charge in [0.15, 0.2) is 0 Å². The molecule has 2 aliphatic rings. The first-order valence-corrected chi connectivity index (χ1v) is 6.72. The lowest BCUT2D eigenvalue weighted by Gasteiger charge is -2.33. The van der Waals surface area contributed by atoms with E-state index in [2.05, 4.69) is 36.1 Å². The molecule has 2 unspecified atom stereocenters. The van der Waals surface area contributed by atoms with Gasteiger partial charge >= 0.3 is 0 Å². The molecule has 2 atom stereocenters. The molecule has 0 amide bonds. The third kappa shape index (κ3) is 2.00. The van der Waals surface area contributed by atoms with Crippen LogP contribution >= 0.6 is 0 Å². The Morgan fingerprint density at radius 1 is 1.29 bits per heavy atom. The van der Waals surface area contributed by atoms with Crippen LogP contribution in [0.4, 0.5) is 0 Å². The van der Waals surface area contributed by atoms with Crippen molar-refractivity contribution in [3.63, 3.8) is 0 Å². The molecular formula is C15H22N2. The van der Waals surface area contributed by atoms with E-state index in [0.717, 1.165) is 19.6 Å². The fraction of sp³-hybridized carbons (Fsp3) is 0.600. The number of hydrogen-bond acceptors (Lipinski definition) is 2. The first-order valence-electron chi connectivity index (χ1n) is 6.72. The second kappa shape index (κ2) is 4.11. The SMILES string of the molecule is CC1(CN2Cc3ccccc3C2)CCCC1N. The molecule has 1 aliphatic carbocycles. The van der Waals surface area contributed by atoms with E-state index < -0.39 is 0 Å². The van der Waals surface area contributed by atoms with E-state index in [-0.39, 0.29) is 0 Å². The molecule has 92 valence electrons. The number of nitrogens with two attached hydrogens (primary N) is 1. The van der Waals surface area contributed by atoms with Gasteiger partial charge in [0, 0.05) is 25.7 Å². The third-order valence-electron chi connectivity index (χ3n) is 4.65. The Labute approximate surface area is 104 Å². The summed E-state index contributed by atoms with van der Waals surface area (Å²) in [5.41, 5.74) is 9.61. The van der Waals surface area contributed by atoms with Crippen molar-refractivity contribution >= 4 is 0 Å². The third-order valence-corrected chi connectivity index (χ3v) is 4.65. The van der Waals surface area contributed by atoms with Crippen molar-refractivity contribution in [1.29, 1.82) is 0 Å². The highest BCUT2D eigenvalue weighted by Crippen LogP contribution is 2.39. The molecule has 2 heteroatoms. The van der Waals surface area contributed by atoms with Crippen LogP contribution in [0.15, 0.2) is 24.3 Å². The average molecular weight is 230 g/mol. The Hall–Kier alpha value is -0.860. The van der Waals surface area contributed by atoms with Gasteiger partial charge in [-0.15, -0.1) is 0 Å². The molecule has 3 rings (SSSR count). The zero-order valence-corrected chi connectivity index (χ0v) is 10.7. The molecule has 0 bridgehead atoms. The minimum atomic E-state index is 0.335. The number of benzene rings is 1. The quantitative estimate of drug-likeness (QED) is 0.846. The monoisotopic (exact) mass is 230 g/mol. The van der Waals surface area contributed by atoms with Gasteiger partial charge in [-0.3, -0.25) is 4.90 Å². The summed E-state index contributed by atoms with van der Waals surface area (Å²) in [6, 6.07) is 9.20. The van der Waals surface area contributed by atoms with Crippen LogP contribution in [0.1, 0.15) is 37.3 Å². The standard InChI is InChI=1S/C15H22N2/c1-15(8-4-7-14(15)16)11-17-9-12-5-2-3-6-13(12)10-17/h2-3,5-6,14H,4,7-11,16H2,1H3. The van der Waals surface area contributed by atoms with Crippen molar-refractivity contribution in [3.8, 4) is 0 Å². The molecule has 0 saturated heterocycles. The van der Waals surface area contributed by atoms with E-state index in [0.29, 0.717) is 11.5 Å². The van der Waals surface area contributed by atoms with E-state index in [4.69, 9.17) is 5.73 Å². The van der Waals surface area contributed by atoms with Gasteiger partial charge < -0.3 is 5.73 Å². The molecule has 1 heterocycles. The minimum absolute atomic E-state index is 0.335. The van der Waals surface area contributed by atoms with E-state index >= 15 is 0 Å². The van der Waals surface area contributed by atoms with Crippen LogP contribution in [0.2, 0.25) is 0 Å². The topological polar surface area (TPSA) is 29.3 Å². The van der Waals surface area contributed by atoms with Gasteiger partial charge in [0.2, 0.25) is 0 Å². The van der Waals surface area contributed by atoms with Crippen LogP contribution in [0.25, 0.3) is 0 Å². The fourth-order valence-corrected chi connectivity index (χ4v) is 3.48. The number of hydrogen-bond donors (Lipinski definition) is 1. The maximum Gasteiger partial charge on any atom is 0.0240 e. The van der Waals surface area contributed by atoms with E-state index in [1.54, 1.807) is 0 Å².